The lowest BCUT2D eigenvalue weighted by Crippen LogP contribution is -1.73. The maximum atomic E-state index is 9.08. The fourth-order valence-corrected chi connectivity index (χ4v) is 2.20. The van der Waals surface area contributed by atoms with Crippen LogP contribution >= 0.6 is 27.3 Å². The molecular weight excluding hydrogens is 250 g/mol. The molecule has 0 aliphatic heterocycles. The van der Waals surface area contributed by atoms with Crippen LogP contribution < -0.4 is 0 Å². The fourth-order valence-electron chi connectivity index (χ4n) is 0.992. The van der Waals surface area contributed by atoms with Gasteiger partial charge < -0.3 is 5.11 Å². The first-order valence-corrected chi connectivity index (χ1v) is 5.27. The summed E-state index contributed by atoms with van der Waals surface area (Å²) in [4.78, 5) is 4.21. The van der Waals surface area contributed by atoms with Gasteiger partial charge in [-0.25, -0.2) is 4.98 Å². The quantitative estimate of drug-likeness (QED) is 0.849. The number of hydrogen-bond donors (Lipinski definition) is 1. The number of phenolic OH excluding ortho intramolecular Hbond substituents is 1. The summed E-state index contributed by atoms with van der Waals surface area (Å²) < 4.78 is 1.01. The Kier molecular flexibility index (Phi) is 2.33. The molecule has 1 aromatic carbocycles. The molecule has 0 unspecified atom stereocenters. The predicted molar refractivity (Wildman–Crippen MR) is 56.9 cm³/mol. The highest BCUT2D eigenvalue weighted by Crippen LogP contribution is 2.28. The van der Waals surface area contributed by atoms with E-state index in [1.807, 2.05) is 12.1 Å². The van der Waals surface area contributed by atoms with Crippen LogP contribution in [0.3, 0.4) is 0 Å². The van der Waals surface area contributed by atoms with Gasteiger partial charge in [0.1, 0.15) is 10.8 Å². The molecule has 0 spiro atoms. The number of thiazole rings is 1. The van der Waals surface area contributed by atoms with Gasteiger partial charge >= 0.3 is 0 Å². The predicted octanol–water partition coefficient (Wildman–Crippen LogP) is 3.28. The molecule has 4 heteroatoms. The van der Waals surface area contributed by atoms with Crippen LogP contribution in [-0.4, -0.2) is 10.1 Å². The maximum absolute atomic E-state index is 9.08. The number of aromatic nitrogens is 1. The van der Waals surface area contributed by atoms with Crippen molar-refractivity contribution in [2.24, 2.45) is 0 Å². The first-order chi connectivity index (χ1) is 6.25. The van der Waals surface area contributed by atoms with E-state index in [9.17, 15) is 0 Å². The largest absolute Gasteiger partial charge is 0.508 e. The van der Waals surface area contributed by atoms with Crippen molar-refractivity contribution in [2.45, 2.75) is 0 Å². The fraction of sp³-hybridized carbons (Fsp3) is 0. The lowest BCUT2D eigenvalue weighted by Gasteiger charge is -1.95. The van der Waals surface area contributed by atoms with E-state index in [0.29, 0.717) is 0 Å². The highest BCUT2D eigenvalue weighted by atomic mass is 79.9. The Balaban J connectivity index is 2.41. The second-order valence-electron chi connectivity index (χ2n) is 2.52. The summed E-state index contributed by atoms with van der Waals surface area (Å²) in [6.45, 7) is 0. The zero-order valence-corrected chi connectivity index (χ0v) is 8.97. The van der Waals surface area contributed by atoms with Crippen LogP contribution in [0.15, 0.2) is 34.2 Å². The zero-order valence-electron chi connectivity index (χ0n) is 6.57. The van der Waals surface area contributed by atoms with Crippen molar-refractivity contribution < 1.29 is 5.11 Å². The number of halogens is 1. The summed E-state index contributed by atoms with van der Waals surface area (Å²) in [5.74, 6) is 0.277. The molecule has 13 heavy (non-hydrogen) atoms. The number of aromatic hydroxyl groups is 1. The third kappa shape index (κ3) is 1.89. The minimum atomic E-state index is 0.277. The number of hydrogen-bond acceptors (Lipinski definition) is 3. The van der Waals surface area contributed by atoms with E-state index in [-0.39, 0.29) is 5.75 Å². The molecule has 0 fully saturated rings. The van der Waals surface area contributed by atoms with Crippen molar-refractivity contribution >= 4 is 27.3 Å². The lowest BCUT2D eigenvalue weighted by molar-refractivity contribution is 0.475. The van der Waals surface area contributed by atoms with Crippen LogP contribution in [0.4, 0.5) is 0 Å². The summed E-state index contributed by atoms with van der Waals surface area (Å²) in [6.07, 6.45) is 1.77. The molecule has 66 valence electrons. The van der Waals surface area contributed by atoms with E-state index in [1.54, 1.807) is 29.7 Å². The SMILES string of the molecule is Oc1ccc(-c2ncc(Br)s2)cc1. The van der Waals surface area contributed by atoms with Gasteiger partial charge in [-0.1, -0.05) is 0 Å². The first-order valence-electron chi connectivity index (χ1n) is 3.66. The molecule has 1 aromatic heterocycles. The van der Waals surface area contributed by atoms with Crippen LogP contribution in [0.25, 0.3) is 10.6 Å². The van der Waals surface area contributed by atoms with Crippen molar-refractivity contribution in [1.29, 1.82) is 0 Å². The smallest absolute Gasteiger partial charge is 0.124 e. The summed E-state index contributed by atoms with van der Waals surface area (Å²) in [7, 11) is 0. The molecule has 2 nitrogen and oxygen atoms in total. The number of rotatable bonds is 1. The molecule has 2 aromatic rings. The van der Waals surface area contributed by atoms with E-state index in [0.717, 1.165) is 14.4 Å². The zero-order chi connectivity index (χ0) is 9.26. The topological polar surface area (TPSA) is 33.1 Å². The van der Waals surface area contributed by atoms with Gasteiger partial charge in [0.25, 0.3) is 0 Å². The van der Waals surface area contributed by atoms with Gasteiger partial charge in [-0.05, 0) is 40.2 Å². The van der Waals surface area contributed by atoms with Crippen molar-refractivity contribution in [2.75, 3.05) is 0 Å². The highest BCUT2D eigenvalue weighted by molar-refractivity contribution is 9.11. The molecule has 0 atom stereocenters. The Labute approximate surface area is 88.0 Å². The Hall–Kier alpha value is -0.870. The average Bonchev–Trinajstić information content (AvgIpc) is 2.53. The second kappa shape index (κ2) is 3.47. The summed E-state index contributed by atoms with van der Waals surface area (Å²) >= 11 is 4.92. The molecule has 2 rings (SSSR count). The molecule has 1 heterocycles. The van der Waals surface area contributed by atoms with Crippen LogP contribution in [0.5, 0.6) is 5.75 Å². The molecule has 1 N–H and O–H groups in total. The highest BCUT2D eigenvalue weighted by Gasteiger charge is 2.01. The monoisotopic (exact) mass is 255 g/mol. The number of benzene rings is 1. The van der Waals surface area contributed by atoms with E-state index in [4.69, 9.17) is 5.11 Å². The van der Waals surface area contributed by atoms with Crippen LogP contribution in [-0.2, 0) is 0 Å². The number of phenols is 1. The first kappa shape index (κ1) is 8.72. The maximum Gasteiger partial charge on any atom is 0.124 e. The van der Waals surface area contributed by atoms with Gasteiger partial charge in [0, 0.05) is 5.56 Å². The molecular formula is C9H6BrNOS. The van der Waals surface area contributed by atoms with E-state index >= 15 is 0 Å². The molecule has 0 saturated heterocycles. The summed E-state index contributed by atoms with van der Waals surface area (Å²) in [6, 6.07) is 7.01. The second-order valence-corrected chi connectivity index (χ2v) is 4.93. The van der Waals surface area contributed by atoms with Gasteiger partial charge in [0.15, 0.2) is 0 Å². The minimum absolute atomic E-state index is 0.277. The third-order valence-electron chi connectivity index (χ3n) is 1.59. The molecule has 0 aliphatic rings. The molecule has 0 bridgehead atoms. The minimum Gasteiger partial charge on any atom is -0.508 e. The van der Waals surface area contributed by atoms with E-state index in [1.165, 1.54) is 0 Å². The Morgan fingerprint density at radius 3 is 2.46 bits per heavy atom. The van der Waals surface area contributed by atoms with Gasteiger partial charge in [-0.3, -0.25) is 0 Å². The van der Waals surface area contributed by atoms with E-state index in [2.05, 4.69) is 20.9 Å². The van der Waals surface area contributed by atoms with Gasteiger partial charge in [-0.15, -0.1) is 11.3 Å². The Morgan fingerprint density at radius 1 is 1.23 bits per heavy atom. The van der Waals surface area contributed by atoms with Crippen LogP contribution in [0.2, 0.25) is 0 Å². The molecule has 0 amide bonds. The standard InChI is InChI=1S/C9H6BrNOS/c10-8-5-11-9(13-8)6-1-3-7(12)4-2-6/h1-5,12H. The van der Waals surface area contributed by atoms with Gasteiger partial charge in [-0.2, -0.15) is 0 Å². The molecule has 0 saturated carbocycles. The van der Waals surface area contributed by atoms with Crippen molar-refractivity contribution in [3.8, 4) is 16.3 Å². The van der Waals surface area contributed by atoms with E-state index < -0.39 is 0 Å². The lowest BCUT2D eigenvalue weighted by atomic mass is 10.2. The number of nitrogens with zero attached hydrogens (tertiary/aromatic N) is 1. The van der Waals surface area contributed by atoms with Crippen LogP contribution in [0.1, 0.15) is 0 Å². The normalized spacial score (nSPS) is 10.2. The Bertz CT molecular complexity index is 410. The summed E-state index contributed by atoms with van der Waals surface area (Å²) in [5.41, 5.74) is 1.02. The Morgan fingerprint density at radius 2 is 1.92 bits per heavy atom. The van der Waals surface area contributed by atoms with Gasteiger partial charge in [0.2, 0.25) is 0 Å². The van der Waals surface area contributed by atoms with Gasteiger partial charge in [0.05, 0.1) is 9.98 Å². The van der Waals surface area contributed by atoms with Crippen LogP contribution in [0, 0.1) is 0 Å². The molecule has 0 aliphatic carbocycles. The molecule has 0 radical (unpaired) electrons. The van der Waals surface area contributed by atoms with Crippen molar-refractivity contribution in [1.82, 2.24) is 4.98 Å². The van der Waals surface area contributed by atoms with Crippen molar-refractivity contribution in [3.63, 3.8) is 0 Å². The summed E-state index contributed by atoms with van der Waals surface area (Å²) in [5, 5.41) is 10.0. The van der Waals surface area contributed by atoms with Crippen molar-refractivity contribution in [3.05, 3.63) is 34.2 Å². The third-order valence-corrected chi connectivity index (χ3v) is 3.12. The average molecular weight is 256 g/mol.